The Morgan fingerprint density at radius 1 is 0.818 bits per heavy atom. The van der Waals surface area contributed by atoms with E-state index in [0.717, 1.165) is 5.56 Å². The predicted molar refractivity (Wildman–Crippen MR) is 162 cm³/mol. The maximum Gasteiger partial charge on any atom is 0.408 e. The molecule has 0 aliphatic heterocycles. The molecular weight excluding hydrogens is 572 g/mol. The molecule has 0 heterocycles. The summed E-state index contributed by atoms with van der Waals surface area (Å²) in [7, 11) is 0. The molecule has 4 atom stereocenters. The molecule has 0 unspecified atom stereocenters. The van der Waals surface area contributed by atoms with E-state index in [2.05, 4.69) is 21.3 Å². The van der Waals surface area contributed by atoms with E-state index in [1.54, 1.807) is 51.1 Å². The van der Waals surface area contributed by atoms with Gasteiger partial charge in [-0.2, -0.15) is 0 Å². The van der Waals surface area contributed by atoms with E-state index in [9.17, 15) is 34.2 Å². The van der Waals surface area contributed by atoms with Crippen molar-refractivity contribution in [2.24, 2.45) is 5.92 Å². The normalized spacial score (nSPS) is 13.8. The zero-order valence-corrected chi connectivity index (χ0v) is 25.8. The predicted octanol–water partition coefficient (Wildman–Crippen LogP) is 3.70. The van der Waals surface area contributed by atoms with Crippen LogP contribution in [0.1, 0.15) is 59.1 Å². The van der Waals surface area contributed by atoms with E-state index in [4.69, 9.17) is 9.47 Å². The largest absolute Gasteiger partial charge is 0.506 e. The summed E-state index contributed by atoms with van der Waals surface area (Å²) < 4.78 is 10.4. The highest BCUT2D eigenvalue weighted by Gasteiger charge is 2.25. The van der Waals surface area contributed by atoms with Gasteiger partial charge in [-0.05, 0) is 70.7 Å². The van der Waals surface area contributed by atoms with E-state index >= 15 is 0 Å². The van der Waals surface area contributed by atoms with Gasteiger partial charge in [0.1, 0.15) is 30.0 Å². The lowest BCUT2D eigenvalue weighted by Crippen LogP contribution is -2.50. The van der Waals surface area contributed by atoms with E-state index in [1.807, 2.05) is 6.07 Å². The second-order valence-corrected chi connectivity index (χ2v) is 11.5. The second-order valence-electron chi connectivity index (χ2n) is 11.5. The molecule has 13 nitrogen and oxygen atoms in total. The number of rotatable bonds is 13. The lowest BCUT2D eigenvalue weighted by atomic mass is 9.96. The molecule has 0 aliphatic carbocycles. The fraction of sp³-hybridized carbons (Fsp3) is 0.452. The topological polar surface area (TPSA) is 192 Å². The van der Waals surface area contributed by atoms with Crippen LogP contribution in [-0.4, -0.2) is 63.9 Å². The maximum atomic E-state index is 12.8. The molecule has 0 radical (unpaired) electrons. The van der Waals surface area contributed by atoms with Crippen LogP contribution >= 0.6 is 0 Å². The molecular formula is C31H42N4O9. The summed E-state index contributed by atoms with van der Waals surface area (Å²) in [6, 6.07) is 10.8. The number of benzene rings is 2. The highest BCUT2D eigenvalue weighted by molar-refractivity contribution is 5.98. The number of carboxylic acids is 1. The number of aliphatic carboxylic acids is 1. The van der Waals surface area contributed by atoms with Crippen molar-refractivity contribution in [2.45, 2.75) is 84.7 Å². The maximum absolute atomic E-state index is 12.8. The van der Waals surface area contributed by atoms with Crippen LogP contribution in [-0.2, 0) is 36.9 Å². The first-order valence-electron chi connectivity index (χ1n) is 14.2. The number of carbonyl (C=O) groups excluding carboxylic acids is 4. The summed E-state index contributed by atoms with van der Waals surface area (Å²) in [4.78, 5) is 61.3. The third kappa shape index (κ3) is 12.6. The van der Waals surface area contributed by atoms with Crippen molar-refractivity contribution in [2.75, 3.05) is 5.32 Å². The van der Waals surface area contributed by atoms with Gasteiger partial charge in [-0.3, -0.25) is 14.4 Å². The van der Waals surface area contributed by atoms with Gasteiger partial charge >= 0.3 is 18.2 Å². The number of anilines is 1. The molecule has 240 valence electrons. The SMILES string of the molecule is C[C@H](NC(=O)OCc1ccccc1)C(=O)N[C@@H](C)C(=O)Nc1cc(C[C@@H](C[C@H](C)C(=O)O)NC(=O)OC(C)(C)C)ccc1O. The fourth-order valence-corrected chi connectivity index (χ4v) is 3.94. The number of phenolic OH excluding ortho intramolecular Hbond substituents is 1. The Labute approximate surface area is 256 Å². The second kappa shape index (κ2) is 16.1. The molecule has 0 aliphatic rings. The minimum Gasteiger partial charge on any atom is -0.506 e. The lowest BCUT2D eigenvalue weighted by molar-refractivity contribution is -0.141. The summed E-state index contributed by atoms with van der Waals surface area (Å²) in [5, 5.41) is 29.9. The van der Waals surface area contributed by atoms with Gasteiger partial charge in [0, 0.05) is 6.04 Å². The van der Waals surface area contributed by atoms with Gasteiger partial charge in [0.2, 0.25) is 11.8 Å². The summed E-state index contributed by atoms with van der Waals surface area (Å²) in [6.07, 6.45) is -1.22. The van der Waals surface area contributed by atoms with E-state index in [-0.39, 0.29) is 30.9 Å². The number of phenols is 1. The Morgan fingerprint density at radius 3 is 2.07 bits per heavy atom. The van der Waals surface area contributed by atoms with Gasteiger partial charge in [-0.15, -0.1) is 0 Å². The van der Waals surface area contributed by atoms with Crippen molar-refractivity contribution < 1.29 is 43.7 Å². The molecule has 0 spiro atoms. The van der Waals surface area contributed by atoms with Crippen molar-refractivity contribution in [1.29, 1.82) is 0 Å². The van der Waals surface area contributed by atoms with Crippen molar-refractivity contribution in [3.8, 4) is 5.75 Å². The number of nitrogens with one attached hydrogen (secondary N) is 4. The van der Waals surface area contributed by atoms with Crippen molar-refractivity contribution in [3.63, 3.8) is 0 Å². The number of amides is 4. The number of ether oxygens (including phenoxy) is 2. The average Bonchev–Trinajstić information content (AvgIpc) is 2.92. The van der Waals surface area contributed by atoms with Gasteiger partial charge in [-0.1, -0.05) is 43.3 Å². The number of carbonyl (C=O) groups is 5. The van der Waals surface area contributed by atoms with E-state index < -0.39 is 59.6 Å². The monoisotopic (exact) mass is 614 g/mol. The zero-order chi connectivity index (χ0) is 33.0. The Morgan fingerprint density at radius 2 is 1.45 bits per heavy atom. The number of aromatic hydroxyl groups is 1. The molecule has 4 amide bonds. The molecule has 0 bridgehead atoms. The van der Waals surface area contributed by atoms with Gasteiger partial charge in [0.25, 0.3) is 0 Å². The van der Waals surface area contributed by atoms with Crippen LogP contribution in [0.4, 0.5) is 15.3 Å². The first kappa shape index (κ1) is 35.4. The molecule has 2 rings (SSSR count). The van der Waals surface area contributed by atoms with Crippen molar-refractivity contribution >= 4 is 35.7 Å². The van der Waals surface area contributed by atoms with Gasteiger partial charge < -0.3 is 41.0 Å². The Balaban J connectivity index is 1.99. The molecule has 13 heteroatoms. The lowest BCUT2D eigenvalue weighted by Gasteiger charge is -2.25. The average molecular weight is 615 g/mol. The minimum atomic E-state index is -1.05. The van der Waals surface area contributed by atoms with Crippen molar-refractivity contribution in [3.05, 3.63) is 59.7 Å². The minimum absolute atomic E-state index is 0.0266. The Bertz CT molecular complexity index is 1310. The highest BCUT2D eigenvalue weighted by Crippen LogP contribution is 2.26. The van der Waals surface area contributed by atoms with Crippen LogP contribution in [0.15, 0.2) is 48.5 Å². The van der Waals surface area contributed by atoms with Crippen LogP contribution in [0, 0.1) is 5.92 Å². The quantitative estimate of drug-likeness (QED) is 0.183. The number of alkyl carbamates (subject to hydrolysis) is 2. The smallest absolute Gasteiger partial charge is 0.408 e. The highest BCUT2D eigenvalue weighted by atomic mass is 16.6. The van der Waals surface area contributed by atoms with Crippen LogP contribution in [0.2, 0.25) is 0 Å². The fourth-order valence-electron chi connectivity index (χ4n) is 3.94. The first-order chi connectivity index (χ1) is 20.5. The summed E-state index contributed by atoms with van der Waals surface area (Å²) in [5.74, 6) is -3.31. The number of carboxylic acid groups (broad SMARTS) is 1. The molecule has 0 saturated carbocycles. The molecule has 0 fully saturated rings. The molecule has 2 aromatic rings. The van der Waals surface area contributed by atoms with Crippen LogP contribution in [0.3, 0.4) is 0 Å². The third-order valence-corrected chi connectivity index (χ3v) is 6.27. The van der Waals surface area contributed by atoms with Gasteiger partial charge in [-0.25, -0.2) is 9.59 Å². The van der Waals surface area contributed by atoms with E-state index in [0.29, 0.717) is 5.56 Å². The number of hydrogen-bond donors (Lipinski definition) is 6. The summed E-state index contributed by atoms with van der Waals surface area (Å²) in [5.41, 5.74) is 0.656. The molecule has 6 N–H and O–H groups in total. The van der Waals surface area contributed by atoms with Crippen LogP contribution in [0.5, 0.6) is 5.75 Å². The zero-order valence-electron chi connectivity index (χ0n) is 25.8. The number of hydrogen-bond acceptors (Lipinski definition) is 8. The summed E-state index contributed by atoms with van der Waals surface area (Å²) in [6.45, 7) is 9.54. The third-order valence-electron chi connectivity index (χ3n) is 6.27. The summed E-state index contributed by atoms with van der Waals surface area (Å²) >= 11 is 0. The molecule has 44 heavy (non-hydrogen) atoms. The standard InChI is InChI=1S/C31H42N4O9/c1-18(28(39)40)14-23(34-30(42)44-31(4,5)6)15-22-12-13-25(36)24(16-22)35-27(38)19(2)32-26(37)20(3)33-29(41)43-17-21-10-8-7-9-11-21/h7-13,16,18-20,23,36H,14-15,17H2,1-6H3,(H,32,37)(H,33,41)(H,34,42)(H,35,38)(H,39,40)/t18-,19-,20-,23+/m0/s1. The molecule has 0 aromatic heterocycles. The Kier molecular flexibility index (Phi) is 13.0. The van der Waals surface area contributed by atoms with Crippen LogP contribution in [0.25, 0.3) is 0 Å². The van der Waals surface area contributed by atoms with Gasteiger partial charge in [0.15, 0.2) is 0 Å². The van der Waals surface area contributed by atoms with Gasteiger partial charge in [0.05, 0.1) is 11.6 Å². The molecule has 0 saturated heterocycles. The Hall–Kier alpha value is -4.81. The van der Waals surface area contributed by atoms with Crippen molar-refractivity contribution in [1.82, 2.24) is 16.0 Å². The van der Waals surface area contributed by atoms with Crippen LogP contribution < -0.4 is 21.3 Å². The molecule has 2 aromatic carbocycles. The first-order valence-corrected chi connectivity index (χ1v) is 14.2. The van der Waals surface area contributed by atoms with E-state index in [1.165, 1.54) is 32.9 Å².